The Morgan fingerprint density at radius 1 is 1.43 bits per heavy atom. The Labute approximate surface area is 83.5 Å². The predicted molar refractivity (Wildman–Crippen MR) is 48.9 cm³/mol. The molecule has 5 nitrogen and oxygen atoms in total. The van der Waals surface area contributed by atoms with Gasteiger partial charge in [0.25, 0.3) is 0 Å². The van der Waals surface area contributed by atoms with Crippen LogP contribution in [0.3, 0.4) is 0 Å². The first-order chi connectivity index (χ1) is 6.65. The van der Waals surface area contributed by atoms with Gasteiger partial charge in [0.15, 0.2) is 0 Å². The fraction of sp³-hybridized carbons (Fsp3) is 0.667. The molecule has 0 aromatic rings. The van der Waals surface area contributed by atoms with Crippen molar-refractivity contribution in [3.63, 3.8) is 0 Å². The van der Waals surface area contributed by atoms with E-state index in [2.05, 4.69) is 4.74 Å². The summed E-state index contributed by atoms with van der Waals surface area (Å²) in [6.45, 7) is 2.07. The Morgan fingerprint density at radius 2 is 1.93 bits per heavy atom. The maximum atomic E-state index is 10.9. The third-order valence-electron chi connectivity index (χ3n) is 1.86. The minimum absolute atomic E-state index is 0.145. The van der Waals surface area contributed by atoms with Gasteiger partial charge in [0.05, 0.1) is 38.8 Å². The van der Waals surface area contributed by atoms with Crippen LogP contribution in [0.1, 0.15) is 13.3 Å². The number of nitriles is 2. The van der Waals surface area contributed by atoms with E-state index < -0.39 is 0 Å². The van der Waals surface area contributed by atoms with E-state index in [0.29, 0.717) is 0 Å². The summed E-state index contributed by atoms with van der Waals surface area (Å²) in [5.74, 6) is -0.335. The number of nitrogens with zero attached hydrogens (tertiary/aromatic N) is 3. The molecule has 0 spiro atoms. The standard InChI is InChI=1S/C9H13N3O2/c1-8(7-9(13)14-2)12(5-3-10)6-4-11/h8H,5-7H2,1-2H3. The minimum atomic E-state index is -0.335. The average Bonchev–Trinajstić information content (AvgIpc) is 2.17. The SMILES string of the molecule is COC(=O)CC(C)N(CC#N)CC#N. The summed E-state index contributed by atoms with van der Waals surface area (Å²) in [5, 5.41) is 17.0. The summed E-state index contributed by atoms with van der Waals surface area (Å²) in [7, 11) is 1.31. The number of hydrogen-bond donors (Lipinski definition) is 0. The lowest BCUT2D eigenvalue weighted by Gasteiger charge is -2.22. The van der Waals surface area contributed by atoms with Gasteiger partial charge < -0.3 is 4.74 Å². The van der Waals surface area contributed by atoms with Crippen molar-refractivity contribution in [1.29, 1.82) is 10.5 Å². The molecule has 0 fully saturated rings. The van der Waals surface area contributed by atoms with Gasteiger partial charge in [-0.3, -0.25) is 9.69 Å². The average molecular weight is 195 g/mol. The van der Waals surface area contributed by atoms with Gasteiger partial charge >= 0.3 is 5.97 Å². The molecule has 0 aliphatic heterocycles. The summed E-state index contributed by atoms with van der Waals surface area (Å²) in [6.07, 6.45) is 0.194. The Morgan fingerprint density at radius 3 is 2.29 bits per heavy atom. The van der Waals surface area contributed by atoms with Crippen LogP contribution in [0.15, 0.2) is 0 Å². The number of carbonyl (C=O) groups excluding carboxylic acids is 1. The summed E-state index contributed by atoms with van der Waals surface area (Å²) in [4.78, 5) is 12.5. The van der Waals surface area contributed by atoms with Gasteiger partial charge in [-0.15, -0.1) is 0 Å². The first-order valence-corrected chi connectivity index (χ1v) is 4.20. The van der Waals surface area contributed by atoms with Crippen molar-refractivity contribution in [1.82, 2.24) is 4.90 Å². The van der Waals surface area contributed by atoms with E-state index in [-0.39, 0.29) is 31.5 Å². The van der Waals surface area contributed by atoms with Gasteiger partial charge in [0.1, 0.15) is 0 Å². The van der Waals surface area contributed by atoms with Crippen LogP contribution in [0.4, 0.5) is 0 Å². The van der Waals surface area contributed by atoms with Crippen molar-refractivity contribution in [2.24, 2.45) is 0 Å². The van der Waals surface area contributed by atoms with Crippen LogP contribution in [-0.4, -0.2) is 37.1 Å². The van der Waals surface area contributed by atoms with Crippen LogP contribution in [-0.2, 0) is 9.53 Å². The summed E-state index contributed by atoms with van der Waals surface area (Å²) in [5.41, 5.74) is 0. The third-order valence-corrected chi connectivity index (χ3v) is 1.86. The van der Waals surface area contributed by atoms with E-state index >= 15 is 0 Å². The molecule has 5 heteroatoms. The molecule has 0 saturated heterocycles. The highest BCUT2D eigenvalue weighted by Gasteiger charge is 2.16. The zero-order valence-corrected chi connectivity index (χ0v) is 8.36. The first kappa shape index (κ1) is 12.4. The van der Waals surface area contributed by atoms with Crippen LogP contribution in [0, 0.1) is 22.7 Å². The van der Waals surface area contributed by atoms with Crippen LogP contribution in [0.5, 0.6) is 0 Å². The number of carbonyl (C=O) groups is 1. The van der Waals surface area contributed by atoms with Gasteiger partial charge in [-0.1, -0.05) is 0 Å². The molecule has 14 heavy (non-hydrogen) atoms. The Balaban J connectivity index is 4.16. The smallest absolute Gasteiger partial charge is 0.307 e. The highest BCUT2D eigenvalue weighted by atomic mass is 16.5. The van der Waals surface area contributed by atoms with Gasteiger partial charge in [0, 0.05) is 6.04 Å². The molecule has 0 rings (SSSR count). The number of esters is 1. The predicted octanol–water partition coefficient (Wildman–Crippen LogP) is 0.287. The first-order valence-electron chi connectivity index (χ1n) is 4.20. The normalized spacial score (nSPS) is 11.5. The Hall–Kier alpha value is -1.59. The topological polar surface area (TPSA) is 77.1 Å². The van der Waals surface area contributed by atoms with Crippen LogP contribution in [0.2, 0.25) is 0 Å². The number of hydrogen-bond acceptors (Lipinski definition) is 5. The fourth-order valence-corrected chi connectivity index (χ4v) is 1.00. The number of ether oxygens (including phenoxy) is 1. The molecule has 0 aliphatic carbocycles. The molecule has 0 amide bonds. The second kappa shape index (κ2) is 6.88. The maximum Gasteiger partial charge on any atom is 0.307 e. The molecular weight excluding hydrogens is 182 g/mol. The molecule has 76 valence electrons. The van der Waals surface area contributed by atoms with Crippen molar-refractivity contribution in [2.75, 3.05) is 20.2 Å². The van der Waals surface area contributed by atoms with Gasteiger partial charge in [-0.2, -0.15) is 10.5 Å². The molecule has 0 N–H and O–H groups in total. The third kappa shape index (κ3) is 4.44. The Kier molecular flexibility index (Phi) is 6.09. The Bertz CT molecular complexity index is 248. The monoisotopic (exact) mass is 195 g/mol. The number of rotatable bonds is 5. The quantitative estimate of drug-likeness (QED) is 0.465. The zero-order valence-electron chi connectivity index (χ0n) is 8.36. The van der Waals surface area contributed by atoms with Gasteiger partial charge in [-0.05, 0) is 6.92 Å². The van der Waals surface area contributed by atoms with Crippen LogP contribution in [0.25, 0.3) is 0 Å². The molecule has 0 bridgehead atoms. The van der Waals surface area contributed by atoms with Gasteiger partial charge in [-0.25, -0.2) is 0 Å². The zero-order chi connectivity index (χ0) is 11.0. The van der Waals surface area contributed by atoms with Gasteiger partial charge in [0.2, 0.25) is 0 Å². The summed E-state index contributed by atoms with van der Waals surface area (Å²) in [6, 6.07) is 3.74. The van der Waals surface area contributed by atoms with E-state index in [1.54, 1.807) is 11.8 Å². The van der Waals surface area contributed by atoms with E-state index in [1.807, 2.05) is 12.1 Å². The minimum Gasteiger partial charge on any atom is -0.469 e. The van der Waals surface area contributed by atoms with E-state index in [9.17, 15) is 4.79 Å². The van der Waals surface area contributed by atoms with Crippen molar-refractivity contribution < 1.29 is 9.53 Å². The van der Waals surface area contributed by atoms with E-state index in [4.69, 9.17) is 10.5 Å². The number of methoxy groups -OCH3 is 1. The van der Waals surface area contributed by atoms with Crippen molar-refractivity contribution in [3.05, 3.63) is 0 Å². The fourth-order valence-electron chi connectivity index (χ4n) is 1.00. The molecule has 1 unspecified atom stereocenters. The highest BCUT2D eigenvalue weighted by molar-refractivity contribution is 5.69. The van der Waals surface area contributed by atoms with Crippen LogP contribution >= 0.6 is 0 Å². The molecular formula is C9H13N3O2. The van der Waals surface area contributed by atoms with E-state index in [1.165, 1.54) is 7.11 Å². The molecule has 0 radical (unpaired) electrons. The molecule has 0 saturated carbocycles. The second-order valence-corrected chi connectivity index (χ2v) is 2.85. The molecule has 0 aromatic heterocycles. The molecule has 1 atom stereocenters. The molecule has 0 aliphatic rings. The second-order valence-electron chi connectivity index (χ2n) is 2.85. The summed E-state index contributed by atoms with van der Waals surface area (Å²) < 4.78 is 4.50. The highest BCUT2D eigenvalue weighted by Crippen LogP contribution is 2.03. The van der Waals surface area contributed by atoms with Crippen molar-refractivity contribution >= 4 is 5.97 Å². The van der Waals surface area contributed by atoms with Crippen LogP contribution < -0.4 is 0 Å². The largest absolute Gasteiger partial charge is 0.469 e. The summed E-state index contributed by atoms with van der Waals surface area (Å²) >= 11 is 0. The van der Waals surface area contributed by atoms with E-state index in [0.717, 1.165) is 0 Å². The lowest BCUT2D eigenvalue weighted by molar-refractivity contribution is -0.141. The lowest BCUT2D eigenvalue weighted by atomic mass is 10.2. The van der Waals surface area contributed by atoms with Crippen molar-refractivity contribution in [2.45, 2.75) is 19.4 Å². The van der Waals surface area contributed by atoms with Crippen molar-refractivity contribution in [3.8, 4) is 12.1 Å². The molecule has 0 aromatic carbocycles. The maximum absolute atomic E-state index is 10.9. The molecule has 0 heterocycles. The lowest BCUT2D eigenvalue weighted by Crippen LogP contribution is -2.35.